The summed E-state index contributed by atoms with van der Waals surface area (Å²) in [4.78, 5) is 26.3. The van der Waals surface area contributed by atoms with Crippen LogP contribution in [0.25, 0.3) is 0 Å². The fraction of sp³-hybridized carbons (Fsp3) is 0.417. The van der Waals surface area contributed by atoms with Crippen LogP contribution >= 0.6 is 0 Å². The maximum atomic E-state index is 11.4. The van der Waals surface area contributed by atoms with Crippen molar-refractivity contribution in [3.63, 3.8) is 0 Å². The zero-order valence-electron chi connectivity index (χ0n) is 11.3. The van der Waals surface area contributed by atoms with Crippen molar-refractivity contribution in [1.82, 2.24) is 10.3 Å². The molecule has 8 nitrogen and oxygen atoms in total. The second-order valence-electron chi connectivity index (χ2n) is 3.48. The molecule has 1 heterocycles. The number of carbonyl (C=O) groups is 2. The van der Waals surface area contributed by atoms with Gasteiger partial charge in [-0.1, -0.05) is 0 Å². The van der Waals surface area contributed by atoms with Crippen molar-refractivity contribution < 1.29 is 23.8 Å². The Labute approximate surface area is 116 Å². The van der Waals surface area contributed by atoms with Crippen LogP contribution in [0.5, 0.6) is 17.4 Å². The van der Waals surface area contributed by atoms with Crippen LogP contribution in [-0.2, 0) is 4.79 Å². The molecular weight excluding hydrogens is 266 g/mol. The van der Waals surface area contributed by atoms with E-state index in [1.165, 1.54) is 6.20 Å². The van der Waals surface area contributed by atoms with Gasteiger partial charge in [0.15, 0.2) is 5.75 Å². The Bertz CT molecular complexity index is 478. The van der Waals surface area contributed by atoms with Crippen LogP contribution in [0.15, 0.2) is 12.3 Å². The summed E-state index contributed by atoms with van der Waals surface area (Å²) in [5.74, 6) is 0.0204. The molecule has 3 N–H and O–H groups in total. The van der Waals surface area contributed by atoms with Gasteiger partial charge in [0, 0.05) is 6.07 Å². The predicted octanol–water partition coefficient (Wildman–Crippen LogP) is 0.453. The van der Waals surface area contributed by atoms with Crippen molar-refractivity contribution in [2.45, 2.75) is 13.8 Å². The Hall–Kier alpha value is -2.35. The number of nitrogens with one attached hydrogen (secondary N) is 1. The number of carbonyl (C=O) groups excluding carboxylic acids is 2. The second-order valence-corrected chi connectivity index (χ2v) is 3.48. The molecule has 0 aliphatic rings. The highest BCUT2D eigenvalue weighted by molar-refractivity contribution is 5.93. The molecular formula is C12H17N3O5. The molecule has 0 saturated heterocycles. The number of ether oxygens (including phenoxy) is 3. The average molecular weight is 283 g/mol. The molecule has 0 bridgehead atoms. The molecule has 2 amide bonds. The van der Waals surface area contributed by atoms with Crippen LogP contribution in [0.3, 0.4) is 0 Å². The van der Waals surface area contributed by atoms with E-state index in [1.54, 1.807) is 13.0 Å². The van der Waals surface area contributed by atoms with Gasteiger partial charge in [-0.25, -0.2) is 9.78 Å². The third-order valence-electron chi connectivity index (χ3n) is 2.02. The highest BCUT2D eigenvalue weighted by Crippen LogP contribution is 2.28. The average Bonchev–Trinajstić information content (AvgIpc) is 2.42. The maximum Gasteiger partial charge on any atom is 0.420 e. The summed E-state index contributed by atoms with van der Waals surface area (Å²) < 4.78 is 15.5. The summed E-state index contributed by atoms with van der Waals surface area (Å²) in [6.45, 7) is 4.12. The highest BCUT2D eigenvalue weighted by Gasteiger charge is 2.15. The minimum Gasteiger partial charge on any atom is -0.492 e. The summed E-state index contributed by atoms with van der Waals surface area (Å²) in [6, 6.07) is 1.55. The van der Waals surface area contributed by atoms with Crippen LogP contribution in [0.1, 0.15) is 13.8 Å². The lowest BCUT2D eigenvalue weighted by Gasteiger charge is -2.11. The SMILES string of the molecule is CCOc1cnc(OC(=O)NC(=O)CN)c(OCC)c1. The molecule has 0 unspecified atom stereocenters. The molecule has 20 heavy (non-hydrogen) atoms. The first-order valence-electron chi connectivity index (χ1n) is 6.08. The van der Waals surface area contributed by atoms with Gasteiger partial charge in [-0.3, -0.25) is 10.1 Å². The first kappa shape index (κ1) is 15.7. The van der Waals surface area contributed by atoms with E-state index in [4.69, 9.17) is 19.9 Å². The fourth-order valence-corrected chi connectivity index (χ4v) is 1.27. The van der Waals surface area contributed by atoms with E-state index in [0.717, 1.165) is 0 Å². The normalized spacial score (nSPS) is 9.75. The van der Waals surface area contributed by atoms with E-state index in [-0.39, 0.29) is 18.2 Å². The third-order valence-corrected chi connectivity index (χ3v) is 2.02. The lowest BCUT2D eigenvalue weighted by Crippen LogP contribution is -2.37. The van der Waals surface area contributed by atoms with Gasteiger partial charge >= 0.3 is 6.09 Å². The van der Waals surface area contributed by atoms with Crippen LogP contribution in [-0.4, -0.2) is 36.7 Å². The Kier molecular flexibility index (Phi) is 6.24. The number of amides is 2. The molecule has 8 heteroatoms. The molecule has 1 rings (SSSR count). The fourth-order valence-electron chi connectivity index (χ4n) is 1.27. The summed E-state index contributed by atoms with van der Waals surface area (Å²) in [5.41, 5.74) is 5.07. The van der Waals surface area contributed by atoms with E-state index >= 15 is 0 Å². The van der Waals surface area contributed by atoms with Crippen molar-refractivity contribution in [3.8, 4) is 17.4 Å². The topological polar surface area (TPSA) is 113 Å². The molecule has 1 aromatic rings. The van der Waals surface area contributed by atoms with Gasteiger partial charge < -0.3 is 19.9 Å². The van der Waals surface area contributed by atoms with Crippen molar-refractivity contribution in [2.24, 2.45) is 5.73 Å². The van der Waals surface area contributed by atoms with Gasteiger partial charge in [-0.15, -0.1) is 0 Å². The summed E-state index contributed by atoms with van der Waals surface area (Å²) in [6.07, 6.45) is 0.414. The minimum atomic E-state index is -0.974. The van der Waals surface area contributed by atoms with Crippen LogP contribution in [0.4, 0.5) is 4.79 Å². The van der Waals surface area contributed by atoms with Crippen molar-refractivity contribution in [3.05, 3.63) is 12.3 Å². The van der Waals surface area contributed by atoms with Gasteiger partial charge in [-0.05, 0) is 13.8 Å². The number of hydrogen-bond donors (Lipinski definition) is 2. The molecule has 0 saturated carbocycles. The zero-order chi connectivity index (χ0) is 15.0. The van der Waals surface area contributed by atoms with Gasteiger partial charge in [0.05, 0.1) is 26.0 Å². The first-order chi connectivity index (χ1) is 9.60. The number of hydrogen-bond acceptors (Lipinski definition) is 7. The number of pyridine rings is 1. The van der Waals surface area contributed by atoms with Gasteiger partial charge in [0.2, 0.25) is 5.91 Å². The van der Waals surface area contributed by atoms with Gasteiger partial charge in [-0.2, -0.15) is 0 Å². The van der Waals surface area contributed by atoms with Crippen LogP contribution < -0.4 is 25.3 Å². The molecule has 0 radical (unpaired) electrons. The van der Waals surface area contributed by atoms with E-state index in [1.807, 2.05) is 12.2 Å². The quantitative estimate of drug-likeness (QED) is 0.779. The predicted molar refractivity (Wildman–Crippen MR) is 69.8 cm³/mol. The summed E-state index contributed by atoms with van der Waals surface area (Å²) in [7, 11) is 0. The van der Waals surface area contributed by atoms with Crippen molar-refractivity contribution >= 4 is 12.0 Å². The third kappa shape index (κ3) is 4.73. The van der Waals surface area contributed by atoms with Crippen LogP contribution in [0, 0.1) is 0 Å². The molecule has 0 spiro atoms. The number of aromatic nitrogens is 1. The number of imide groups is 1. The first-order valence-corrected chi connectivity index (χ1v) is 6.08. The number of nitrogens with zero attached hydrogens (tertiary/aromatic N) is 1. The van der Waals surface area contributed by atoms with E-state index < -0.39 is 12.0 Å². The van der Waals surface area contributed by atoms with Crippen molar-refractivity contribution in [2.75, 3.05) is 19.8 Å². The highest BCUT2D eigenvalue weighted by atomic mass is 16.6. The summed E-state index contributed by atoms with van der Waals surface area (Å²) in [5, 5.41) is 1.94. The van der Waals surface area contributed by atoms with E-state index in [2.05, 4.69) is 4.98 Å². The lowest BCUT2D eigenvalue weighted by molar-refractivity contribution is -0.118. The largest absolute Gasteiger partial charge is 0.492 e. The number of nitrogens with two attached hydrogens (primary N) is 1. The van der Waals surface area contributed by atoms with Gasteiger partial charge in [0.25, 0.3) is 5.88 Å². The Morgan fingerprint density at radius 2 is 2.00 bits per heavy atom. The molecule has 0 atom stereocenters. The zero-order valence-corrected chi connectivity index (χ0v) is 11.3. The second kappa shape index (κ2) is 7.95. The van der Waals surface area contributed by atoms with Crippen molar-refractivity contribution in [1.29, 1.82) is 0 Å². The molecule has 110 valence electrons. The Balaban J connectivity index is 2.82. The molecule has 0 aliphatic heterocycles. The Morgan fingerprint density at radius 1 is 1.30 bits per heavy atom. The van der Waals surface area contributed by atoms with Gasteiger partial charge in [0.1, 0.15) is 5.75 Å². The molecule has 1 aromatic heterocycles. The summed E-state index contributed by atoms with van der Waals surface area (Å²) >= 11 is 0. The Morgan fingerprint density at radius 3 is 2.60 bits per heavy atom. The minimum absolute atomic E-state index is 0.0578. The smallest absolute Gasteiger partial charge is 0.420 e. The standard InChI is InChI=1S/C12H17N3O5/c1-3-18-8-5-9(19-4-2)11(14-7-8)20-12(17)15-10(16)6-13/h5,7H,3-4,6,13H2,1-2H3,(H,15,16,17). The lowest BCUT2D eigenvalue weighted by atomic mass is 10.4. The van der Waals surface area contributed by atoms with E-state index in [0.29, 0.717) is 19.0 Å². The molecule has 0 aromatic carbocycles. The van der Waals surface area contributed by atoms with E-state index in [9.17, 15) is 9.59 Å². The maximum absolute atomic E-state index is 11.4. The number of rotatable bonds is 6. The molecule has 0 aliphatic carbocycles. The monoisotopic (exact) mass is 283 g/mol. The van der Waals surface area contributed by atoms with Crippen LogP contribution in [0.2, 0.25) is 0 Å². The molecule has 0 fully saturated rings.